The highest BCUT2D eigenvalue weighted by Crippen LogP contribution is 2.42. The van der Waals surface area contributed by atoms with Gasteiger partial charge in [-0.3, -0.25) is 9.69 Å². The van der Waals surface area contributed by atoms with Gasteiger partial charge in [0.1, 0.15) is 0 Å². The summed E-state index contributed by atoms with van der Waals surface area (Å²) in [5.41, 5.74) is 6.82. The van der Waals surface area contributed by atoms with Gasteiger partial charge in [-0.2, -0.15) is 0 Å². The van der Waals surface area contributed by atoms with Crippen molar-refractivity contribution in [2.45, 2.75) is 27.7 Å². The second kappa shape index (κ2) is 8.96. The van der Waals surface area contributed by atoms with Crippen molar-refractivity contribution in [3.63, 3.8) is 0 Å². The van der Waals surface area contributed by atoms with Crippen LogP contribution in [0, 0.1) is 27.7 Å². The quantitative estimate of drug-likeness (QED) is 0.333. The summed E-state index contributed by atoms with van der Waals surface area (Å²) < 4.78 is 11.8. The number of hydrogen-bond acceptors (Lipinski definition) is 5. The molecule has 0 N–H and O–H groups in total. The van der Waals surface area contributed by atoms with Gasteiger partial charge in [0.05, 0.1) is 16.3 Å². The lowest BCUT2D eigenvalue weighted by Crippen LogP contribution is -2.29. The van der Waals surface area contributed by atoms with Gasteiger partial charge in [-0.25, -0.2) is 4.99 Å². The number of hydrogen-bond donors (Lipinski definition) is 0. The molecule has 0 aromatic heterocycles. The second-order valence-corrected chi connectivity index (χ2v) is 10.3. The number of benzene rings is 3. The van der Waals surface area contributed by atoms with E-state index in [1.807, 2.05) is 64.1 Å². The van der Waals surface area contributed by atoms with Gasteiger partial charge in [-0.15, -0.1) is 0 Å². The Balaban J connectivity index is 1.63. The number of halogens is 1. The van der Waals surface area contributed by atoms with Crippen molar-refractivity contribution in [2.75, 3.05) is 11.7 Å². The van der Waals surface area contributed by atoms with Crippen molar-refractivity contribution in [1.29, 1.82) is 0 Å². The molecule has 0 atom stereocenters. The molecule has 34 heavy (non-hydrogen) atoms. The van der Waals surface area contributed by atoms with E-state index >= 15 is 0 Å². The number of carbonyl (C=O) groups excluding carboxylic acids is 1. The van der Waals surface area contributed by atoms with Gasteiger partial charge in [0.2, 0.25) is 6.79 Å². The molecule has 5 nitrogen and oxygen atoms in total. The van der Waals surface area contributed by atoms with Crippen LogP contribution in [-0.2, 0) is 4.79 Å². The molecule has 5 rings (SSSR count). The number of thioether (sulfide) groups is 1. The van der Waals surface area contributed by atoms with E-state index in [2.05, 4.69) is 34.1 Å². The van der Waals surface area contributed by atoms with Crippen molar-refractivity contribution in [3.8, 4) is 11.5 Å². The summed E-state index contributed by atoms with van der Waals surface area (Å²) in [6.07, 6.45) is 1.88. The Bertz CT molecular complexity index is 1400. The Hall–Kier alpha value is -3.03. The lowest BCUT2D eigenvalue weighted by molar-refractivity contribution is -0.113. The SMILES string of the molecule is Cc1ccc(C)c(N=C2S/C(=C/c3cc4c(cc3Br)OCO4)C(=O)N2c2cc(C)ccc2C)c1. The van der Waals surface area contributed by atoms with Crippen molar-refractivity contribution in [1.82, 2.24) is 0 Å². The molecule has 0 aliphatic carbocycles. The van der Waals surface area contributed by atoms with Crippen LogP contribution in [0.4, 0.5) is 11.4 Å². The zero-order valence-electron chi connectivity index (χ0n) is 19.3. The summed E-state index contributed by atoms with van der Waals surface area (Å²) in [5, 5.41) is 0.635. The van der Waals surface area contributed by atoms with Crippen LogP contribution in [0.1, 0.15) is 27.8 Å². The van der Waals surface area contributed by atoms with Gasteiger partial charge >= 0.3 is 0 Å². The summed E-state index contributed by atoms with van der Waals surface area (Å²) in [6.45, 7) is 8.31. The Kier molecular flexibility index (Phi) is 6.00. The number of aryl methyl sites for hydroxylation is 4. The fourth-order valence-corrected chi connectivity index (χ4v) is 5.26. The first-order valence-corrected chi connectivity index (χ1v) is 12.5. The maximum Gasteiger partial charge on any atom is 0.271 e. The average Bonchev–Trinajstić information content (AvgIpc) is 3.36. The minimum atomic E-state index is -0.104. The fraction of sp³-hybridized carbons (Fsp3) is 0.185. The summed E-state index contributed by atoms with van der Waals surface area (Å²) in [7, 11) is 0. The molecule has 0 saturated carbocycles. The zero-order chi connectivity index (χ0) is 24.0. The third-order valence-electron chi connectivity index (χ3n) is 5.77. The number of amidine groups is 1. The molecule has 2 aliphatic heterocycles. The number of carbonyl (C=O) groups is 1. The molecule has 1 fully saturated rings. The number of anilines is 1. The van der Waals surface area contributed by atoms with Crippen LogP contribution in [0.3, 0.4) is 0 Å². The first-order valence-electron chi connectivity index (χ1n) is 10.9. The van der Waals surface area contributed by atoms with E-state index in [9.17, 15) is 4.79 Å². The topological polar surface area (TPSA) is 51.1 Å². The van der Waals surface area contributed by atoms with Crippen molar-refractivity contribution in [3.05, 3.63) is 85.7 Å². The van der Waals surface area contributed by atoms with Crippen LogP contribution in [0.5, 0.6) is 11.5 Å². The van der Waals surface area contributed by atoms with E-state index in [-0.39, 0.29) is 12.7 Å². The highest BCUT2D eigenvalue weighted by molar-refractivity contribution is 9.10. The van der Waals surface area contributed by atoms with Crippen LogP contribution >= 0.6 is 27.7 Å². The van der Waals surface area contributed by atoms with E-state index in [0.29, 0.717) is 21.6 Å². The number of fused-ring (bicyclic) bond motifs is 1. The van der Waals surface area contributed by atoms with Crippen LogP contribution < -0.4 is 14.4 Å². The normalized spacial score (nSPS) is 17.3. The summed E-state index contributed by atoms with van der Waals surface area (Å²) >= 11 is 4.98. The van der Waals surface area contributed by atoms with Crippen LogP contribution in [0.2, 0.25) is 0 Å². The van der Waals surface area contributed by atoms with Crippen molar-refractivity contribution < 1.29 is 14.3 Å². The minimum absolute atomic E-state index is 0.104. The number of rotatable bonds is 3. The molecular formula is C27H23BrN2O3S. The van der Waals surface area contributed by atoms with Crippen molar-refractivity contribution >= 4 is 56.2 Å². The Labute approximate surface area is 211 Å². The minimum Gasteiger partial charge on any atom is -0.454 e. The summed E-state index contributed by atoms with van der Waals surface area (Å²) in [6, 6.07) is 16.0. The molecule has 1 saturated heterocycles. The number of amides is 1. The fourth-order valence-electron chi connectivity index (χ4n) is 3.85. The first-order chi connectivity index (χ1) is 16.3. The van der Waals surface area contributed by atoms with Gasteiger partial charge in [0, 0.05) is 4.47 Å². The molecule has 2 aliphatic rings. The molecule has 2 heterocycles. The van der Waals surface area contributed by atoms with E-state index in [4.69, 9.17) is 14.5 Å². The molecule has 0 bridgehead atoms. The van der Waals surface area contributed by atoms with Gasteiger partial charge in [-0.05, 0) is 97.6 Å². The van der Waals surface area contributed by atoms with E-state index in [1.165, 1.54) is 11.8 Å². The van der Waals surface area contributed by atoms with Gasteiger partial charge in [0.25, 0.3) is 5.91 Å². The molecule has 0 spiro atoms. The Morgan fingerprint density at radius 1 is 0.941 bits per heavy atom. The smallest absolute Gasteiger partial charge is 0.271 e. The molecule has 3 aromatic carbocycles. The summed E-state index contributed by atoms with van der Waals surface area (Å²) in [5.74, 6) is 1.25. The van der Waals surface area contributed by atoms with Gasteiger partial charge in [0.15, 0.2) is 16.7 Å². The molecule has 7 heteroatoms. The molecule has 172 valence electrons. The first kappa shape index (κ1) is 22.7. The second-order valence-electron chi connectivity index (χ2n) is 8.45. The third-order valence-corrected chi connectivity index (χ3v) is 7.43. The predicted octanol–water partition coefficient (Wildman–Crippen LogP) is 7.22. The molecule has 0 radical (unpaired) electrons. The maximum atomic E-state index is 13.8. The Morgan fingerprint density at radius 3 is 2.38 bits per heavy atom. The highest BCUT2D eigenvalue weighted by Gasteiger charge is 2.36. The van der Waals surface area contributed by atoms with Crippen LogP contribution in [0.25, 0.3) is 6.08 Å². The number of aliphatic imine (C=N–C) groups is 1. The molecular weight excluding hydrogens is 512 g/mol. The highest BCUT2D eigenvalue weighted by atomic mass is 79.9. The van der Waals surface area contributed by atoms with Crippen LogP contribution in [0.15, 0.2) is 62.9 Å². The summed E-state index contributed by atoms with van der Waals surface area (Å²) in [4.78, 5) is 21.0. The molecule has 3 aromatic rings. The standard InChI is InChI=1S/C27H23BrN2O3S/c1-15-5-7-17(3)21(9-15)29-27-30(22-10-16(2)6-8-18(22)4)26(31)25(34-27)12-19-11-23-24(13-20(19)28)33-14-32-23/h5-13H,14H2,1-4H3/b25-12+,29-27?. The molecule has 1 amide bonds. The van der Waals surface area contributed by atoms with Crippen LogP contribution in [-0.4, -0.2) is 17.9 Å². The van der Waals surface area contributed by atoms with Gasteiger partial charge in [-0.1, -0.05) is 40.2 Å². The predicted molar refractivity (Wildman–Crippen MR) is 142 cm³/mol. The average molecular weight is 535 g/mol. The lowest BCUT2D eigenvalue weighted by Gasteiger charge is -2.19. The maximum absolute atomic E-state index is 13.8. The number of nitrogens with zero attached hydrogens (tertiary/aromatic N) is 2. The van der Waals surface area contributed by atoms with Gasteiger partial charge < -0.3 is 9.47 Å². The number of ether oxygens (including phenoxy) is 2. The van der Waals surface area contributed by atoms with E-state index in [0.717, 1.165) is 43.7 Å². The van der Waals surface area contributed by atoms with E-state index < -0.39 is 0 Å². The lowest BCUT2D eigenvalue weighted by atomic mass is 10.1. The zero-order valence-corrected chi connectivity index (χ0v) is 21.7. The Morgan fingerprint density at radius 2 is 1.62 bits per heavy atom. The van der Waals surface area contributed by atoms with E-state index in [1.54, 1.807) is 4.90 Å². The van der Waals surface area contributed by atoms with Crippen molar-refractivity contribution in [2.24, 2.45) is 4.99 Å². The molecule has 0 unspecified atom stereocenters. The largest absolute Gasteiger partial charge is 0.454 e. The monoisotopic (exact) mass is 534 g/mol. The third kappa shape index (κ3) is 4.26.